The average molecular weight is 234 g/mol. The van der Waals surface area contributed by atoms with E-state index < -0.39 is 6.09 Å². The molecule has 2 N–H and O–H groups in total. The van der Waals surface area contributed by atoms with Crippen molar-refractivity contribution in [2.24, 2.45) is 5.73 Å². The SMILES string of the molecule is CN1Cc2ccccc2C[C@@]1(C)COC(N)=O. The number of rotatable bonds is 2. The molecule has 0 radical (unpaired) electrons. The van der Waals surface area contributed by atoms with Crippen molar-refractivity contribution >= 4 is 6.09 Å². The van der Waals surface area contributed by atoms with E-state index in [1.54, 1.807) is 0 Å². The van der Waals surface area contributed by atoms with Crippen molar-refractivity contribution in [2.45, 2.75) is 25.4 Å². The van der Waals surface area contributed by atoms with E-state index in [9.17, 15) is 4.79 Å². The van der Waals surface area contributed by atoms with Crippen LogP contribution >= 0.6 is 0 Å². The highest BCUT2D eigenvalue weighted by Crippen LogP contribution is 2.29. The molecule has 1 aromatic rings. The van der Waals surface area contributed by atoms with Gasteiger partial charge < -0.3 is 10.5 Å². The topological polar surface area (TPSA) is 55.6 Å². The van der Waals surface area contributed by atoms with Crippen LogP contribution in [0, 0.1) is 0 Å². The fourth-order valence-corrected chi connectivity index (χ4v) is 2.26. The molecule has 1 atom stereocenters. The molecule has 0 fully saturated rings. The molecule has 0 bridgehead atoms. The van der Waals surface area contributed by atoms with Crippen molar-refractivity contribution in [3.05, 3.63) is 35.4 Å². The van der Waals surface area contributed by atoms with Crippen molar-refractivity contribution < 1.29 is 9.53 Å². The van der Waals surface area contributed by atoms with E-state index in [4.69, 9.17) is 10.5 Å². The summed E-state index contributed by atoms with van der Waals surface area (Å²) in [6, 6.07) is 8.36. The molecule has 0 spiro atoms. The number of hydrogen-bond acceptors (Lipinski definition) is 3. The molecule has 0 unspecified atom stereocenters. The lowest BCUT2D eigenvalue weighted by Crippen LogP contribution is -2.52. The minimum atomic E-state index is -0.710. The maximum Gasteiger partial charge on any atom is 0.404 e. The van der Waals surface area contributed by atoms with Crippen molar-refractivity contribution in [1.82, 2.24) is 4.90 Å². The Morgan fingerprint density at radius 3 is 2.76 bits per heavy atom. The van der Waals surface area contributed by atoms with Gasteiger partial charge in [0.2, 0.25) is 0 Å². The maximum atomic E-state index is 10.7. The zero-order valence-corrected chi connectivity index (χ0v) is 10.3. The summed E-state index contributed by atoms with van der Waals surface area (Å²) in [5, 5.41) is 0. The Hall–Kier alpha value is -1.55. The fourth-order valence-electron chi connectivity index (χ4n) is 2.26. The lowest BCUT2D eigenvalue weighted by atomic mass is 9.85. The van der Waals surface area contributed by atoms with Crippen LogP contribution in [0.2, 0.25) is 0 Å². The van der Waals surface area contributed by atoms with Crippen LogP contribution in [-0.2, 0) is 17.7 Å². The summed E-state index contributed by atoms with van der Waals surface area (Å²) in [6.45, 7) is 3.29. The number of fused-ring (bicyclic) bond motifs is 1. The normalized spacial score (nSPS) is 24.1. The average Bonchev–Trinajstić information content (AvgIpc) is 2.28. The first kappa shape index (κ1) is 11.9. The van der Waals surface area contributed by atoms with Gasteiger partial charge in [-0.2, -0.15) is 0 Å². The number of primary amides is 1. The second-order valence-corrected chi connectivity index (χ2v) is 4.91. The van der Waals surface area contributed by atoms with Gasteiger partial charge in [0.1, 0.15) is 6.61 Å². The van der Waals surface area contributed by atoms with Crippen molar-refractivity contribution in [3.8, 4) is 0 Å². The van der Waals surface area contributed by atoms with E-state index in [2.05, 4.69) is 30.0 Å². The van der Waals surface area contributed by atoms with E-state index in [0.29, 0.717) is 6.61 Å². The maximum absolute atomic E-state index is 10.7. The lowest BCUT2D eigenvalue weighted by molar-refractivity contribution is 0.0365. The van der Waals surface area contributed by atoms with Crippen LogP contribution in [0.4, 0.5) is 4.79 Å². The Morgan fingerprint density at radius 1 is 1.47 bits per heavy atom. The van der Waals surface area contributed by atoms with Gasteiger partial charge >= 0.3 is 6.09 Å². The first-order chi connectivity index (χ1) is 8.01. The third-order valence-corrected chi connectivity index (χ3v) is 3.54. The summed E-state index contributed by atoms with van der Waals surface area (Å²) in [7, 11) is 2.04. The van der Waals surface area contributed by atoms with E-state index in [0.717, 1.165) is 13.0 Å². The number of hydrogen-bond donors (Lipinski definition) is 1. The van der Waals surface area contributed by atoms with Gasteiger partial charge in [-0.1, -0.05) is 24.3 Å². The third kappa shape index (κ3) is 2.42. The molecule has 4 nitrogen and oxygen atoms in total. The summed E-state index contributed by atoms with van der Waals surface area (Å²) in [6.07, 6.45) is 0.158. The van der Waals surface area contributed by atoms with Crippen molar-refractivity contribution in [3.63, 3.8) is 0 Å². The Balaban J connectivity index is 2.18. The predicted molar refractivity (Wildman–Crippen MR) is 65.6 cm³/mol. The smallest absolute Gasteiger partial charge is 0.404 e. The molecule has 1 aromatic carbocycles. The van der Waals surface area contributed by atoms with Crippen LogP contribution in [0.3, 0.4) is 0 Å². The molecule has 1 aliphatic heterocycles. The van der Waals surface area contributed by atoms with Crippen LogP contribution in [0.15, 0.2) is 24.3 Å². The number of amides is 1. The predicted octanol–water partition coefficient (Wildman–Crippen LogP) is 1.53. The van der Waals surface area contributed by atoms with E-state index in [-0.39, 0.29) is 5.54 Å². The minimum absolute atomic E-state index is 0.177. The van der Waals surface area contributed by atoms with Crippen LogP contribution < -0.4 is 5.73 Å². The molecule has 2 rings (SSSR count). The largest absolute Gasteiger partial charge is 0.448 e. The summed E-state index contributed by atoms with van der Waals surface area (Å²) in [4.78, 5) is 12.9. The zero-order chi connectivity index (χ0) is 12.5. The van der Waals surface area contributed by atoms with Gasteiger partial charge in [0.15, 0.2) is 0 Å². The van der Waals surface area contributed by atoms with Crippen LogP contribution in [0.25, 0.3) is 0 Å². The molecule has 1 aliphatic rings. The first-order valence-corrected chi connectivity index (χ1v) is 5.71. The minimum Gasteiger partial charge on any atom is -0.448 e. The van der Waals surface area contributed by atoms with Gasteiger partial charge in [-0.25, -0.2) is 4.79 Å². The number of carbonyl (C=O) groups is 1. The number of carbonyl (C=O) groups excluding carboxylic acids is 1. The molecule has 4 heteroatoms. The molecule has 1 amide bonds. The number of ether oxygens (including phenoxy) is 1. The molecule has 92 valence electrons. The Morgan fingerprint density at radius 2 is 2.12 bits per heavy atom. The summed E-state index contributed by atoms with van der Waals surface area (Å²) < 4.78 is 4.97. The summed E-state index contributed by atoms with van der Waals surface area (Å²) in [5.41, 5.74) is 7.51. The summed E-state index contributed by atoms with van der Waals surface area (Å²) in [5.74, 6) is 0. The lowest BCUT2D eigenvalue weighted by Gasteiger charge is -2.42. The Kier molecular flexibility index (Phi) is 3.07. The number of nitrogens with two attached hydrogens (primary N) is 1. The molecule has 1 heterocycles. The van der Waals surface area contributed by atoms with Crippen LogP contribution in [-0.4, -0.2) is 30.2 Å². The molecular weight excluding hydrogens is 216 g/mol. The van der Waals surface area contributed by atoms with Crippen LogP contribution in [0.5, 0.6) is 0 Å². The summed E-state index contributed by atoms with van der Waals surface area (Å²) >= 11 is 0. The second kappa shape index (κ2) is 4.37. The molecule has 0 aromatic heterocycles. The first-order valence-electron chi connectivity index (χ1n) is 5.71. The van der Waals surface area contributed by atoms with Crippen LogP contribution in [0.1, 0.15) is 18.1 Å². The third-order valence-electron chi connectivity index (χ3n) is 3.54. The highest BCUT2D eigenvalue weighted by atomic mass is 16.5. The Bertz CT molecular complexity index is 433. The van der Waals surface area contributed by atoms with Gasteiger partial charge in [0.25, 0.3) is 0 Å². The molecule has 0 saturated carbocycles. The highest BCUT2D eigenvalue weighted by Gasteiger charge is 2.35. The van der Waals surface area contributed by atoms with Gasteiger partial charge in [-0.05, 0) is 31.5 Å². The van der Waals surface area contributed by atoms with E-state index >= 15 is 0 Å². The monoisotopic (exact) mass is 234 g/mol. The van der Waals surface area contributed by atoms with E-state index in [1.165, 1.54) is 11.1 Å². The standard InChI is InChI=1S/C13H18N2O2/c1-13(9-17-12(14)16)7-10-5-3-4-6-11(10)8-15(13)2/h3-6H,7-9H2,1-2H3,(H2,14,16)/t13-/m0/s1. The second-order valence-electron chi connectivity index (χ2n) is 4.91. The molecule has 17 heavy (non-hydrogen) atoms. The molecular formula is C13H18N2O2. The van der Waals surface area contributed by atoms with E-state index in [1.807, 2.05) is 13.1 Å². The fraction of sp³-hybridized carbons (Fsp3) is 0.462. The highest BCUT2D eigenvalue weighted by molar-refractivity contribution is 5.64. The van der Waals surface area contributed by atoms with Crippen molar-refractivity contribution in [1.29, 1.82) is 0 Å². The molecule has 0 saturated heterocycles. The van der Waals surface area contributed by atoms with Gasteiger partial charge in [-0.3, -0.25) is 4.90 Å². The Labute approximate surface area is 101 Å². The van der Waals surface area contributed by atoms with Gasteiger partial charge in [0.05, 0.1) is 5.54 Å². The quantitative estimate of drug-likeness (QED) is 0.844. The van der Waals surface area contributed by atoms with Gasteiger partial charge in [-0.15, -0.1) is 0 Å². The van der Waals surface area contributed by atoms with Crippen molar-refractivity contribution in [2.75, 3.05) is 13.7 Å². The molecule has 0 aliphatic carbocycles. The zero-order valence-electron chi connectivity index (χ0n) is 10.3. The van der Waals surface area contributed by atoms with Gasteiger partial charge in [0, 0.05) is 6.54 Å². The number of likely N-dealkylation sites (N-methyl/N-ethyl adjacent to an activating group) is 1. The number of benzene rings is 1. The number of nitrogens with zero attached hydrogens (tertiary/aromatic N) is 1.